The molecule has 0 fully saturated rings. The maximum Gasteiger partial charge on any atom is 0.344 e. The Morgan fingerprint density at radius 3 is 2.53 bits per heavy atom. The smallest absolute Gasteiger partial charge is 0.344 e. The van der Waals surface area contributed by atoms with Crippen LogP contribution in [0.25, 0.3) is 10.8 Å². The van der Waals surface area contributed by atoms with Crippen molar-refractivity contribution in [2.75, 3.05) is 6.61 Å². The highest BCUT2D eigenvalue weighted by Crippen LogP contribution is 2.43. The van der Waals surface area contributed by atoms with E-state index in [0.29, 0.717) is 29.2 Å². The zero-order chi connectivity index (χ0) is 25.1. The first-order valence-corrected chi connectivity index (χ1v) is 11.7. The van der Waals surface area contributed by atoms with E-state index >= 15 is 0 Å². The maximum absolute atomic E-state index is 13.0. The molecule has 1 unspecified atom stereocenters. The van der Waals surface area contributed by atoms with Gasteiger partial charge in [-0.25, -0.2) is 4.79 Å². The van der Waals surface area contributed by atoms with Crippen LogP contribution in [0.2, 0.25) is 0 Å². The maximum atomic E-state index is 13.0. The van der Waals surface area contributed by atoms with Crippen molar-refractivity contribution >= 4 is 16.7 Å². The fraction of sp³-hybridized carbons (Fsp3) is 0.133. The minimum Gasteiger partial charge on any atom is -0.494 e. The Kier molecular flexibility index (Phi) is 6.29. The van der Waals surface area contributed by atoms with Gasteiger partial charge in [0.15, 0.2) is 0 Å². The van der Waals surface area contributed by atoms with Crippen molar-refractivity contribution in [3.63, 3.8) is 0 Å². The molecular formula is C30H24N2O4. The molecule has 0 saturated heterocycles. The third-order valence-electron chi connectivity index (χ3n) is 6.10. The number of fused-ring (bicyclic) bond motifs is 2. The normalized spacial score (nSPS) is 14.5. The number of hydrogen-bond donors (Lipinski definition) is 1. The number of nitrogens with zero attached hydrogens (tertiary/aromatic N) is 1. The standard InChI is InChI=1S/C30H24N2O4/c1-2-16-34-21-12-10-20(11-13-21)28-25-15-14-22(17-27(25)36-29(32)26(28)18-31)35-30(33)24-9-5-7-19-6-3-4-8-23(19)24/h3-15,17,28H,2,16,32H2,1H3. The Balaban J connectivity index is 1.46. The van der Waals surface area contributed by atoms with Crippen LogP contribution in [0.4, 0.5) is 0 Å². The molecule has 0 saturated carbocycles. The molecule has 0 radical (unpaired) electrons. The molecule has 1 atom stereocenters. The van der Waals surface area contributed by atoms with Gasteiger partial charge in [0.2, 0.25) is 5.88 Å². The average Bonchev–Trinajstić information content (AvgIpc) is 2.91. The van der Waals surface area contributed by atoms with Gasteiger partial charge in [-0.15, -0.1) is 0 Å². The second-order valence-electron chi connectivity index (χ2n) is 8.46. The van der Waals surface area contributed by atoms with Crippen LogP contribution >= 0.6 is 0 Å². The first kappa shape index (κ1) is 23.0. The van der Waals surface area contributed by atoms with Gasteiger partial charge in [-0.3, -0.25) is 0 Å². The van der Waals surface area contributed by atoms with Crippen molar-refractivity contribution in [1.29, 1.82) is 5.26 Å². The number of nitriles is 1. The summed E-state index contributed by atoms with van der Waals surface area (Å²) in [5, 5.41) is 11.6. The van der Waals surface area contributed by atoms with E-state index in [4.69, 9.17) is 19.9 Å². The van der Waals surface area contributed by atoms with E-state index in [1.165, 1.54) is 0 Å². The van der Waals surface area contributed by atoms with Gasteiger partial charge < -0.3 is 19.9 Å². The quantitative estimate of drug-likeness (QED) is 0.268. The van der Waals surface area contributed by atoms with Crippen LogP contribution in [0.1, 0.15) is 40.7 Å². The van der Waals surface area contributed by atoms with E-state index in [9.17, 15) is 10.1 Å². The van der Waals surface area contributed by atoms with Gasteiger partial charge in [0.05, 0.1) is 18.1 Å². The van der Waals surface area contributed by atoms with Gasteiger partial charge in [-0.1, -0.05) is 61.5 Å². The lowest BCUT2D eigenvalue weighted by Gasteiger charge is -2.26. The monoisotopic (exact) mass is 476 g/mol. The number of benzene rings is 4. The van der Waals surface area contributed by atoms with Gasteiger partial charge in [-0.2, -0.15) is 5.26 Å². The van der Waals surface area contributed by atoms with Gasteiger partial charge in [-0.05, 0) is 47.0 Å². The number of ether oxygens (including phenoxy) is 3. The van der Waals surface area contributed by atoms with E-state index in [1.54, 1.807) is 24.3 Å². The molecule has 178 valence electrons. The molecule has 4 aromatic carbocycles. The number of hydrogen-bond acceptors (Lipinski definition) is 6. The third-order valence-corrected chi connectivity index (χ3v) is 6.10. The van der Waals surface area contributed by atoms with Gasteiger partial charge in [0, 0.05) is 11.6 Å². The van der Waals surface area contributed by atoms with E-state index in [0.717, 1.165) is 34.1 Å². The lowest BCUT2D eigenvalue weighted by atomic mass is 9.83. The Bertz CT molecular complexity index is 1510. The average molecular weight is 477 g/mol. The second kappa shape index (κ2) is 9.85. The van der Waals surface area contributed by atoms with E-state index in [1.807, 2.05) is 67.6 Å². The lowest BCUT2D eigenvalue weighted by molar-refractivity contribution is 0.0736. The van der Waals surface area contributed by atoms with Crippen LogP contribution in [-0.2, 0) is 0 Å². The Morgan fingerprint density at radius 1 is 1.00 bits per heavy atom. The van der Waals surface area contributed by atoms with Crippen molar-refractivity contribution in [3.05, 3.63) is 113 Å². The van der Waals surface area contributed by atoms with Crippen LogP contribution < -0.4 is 19.9 Å². The SMILES string of the molecule is CCCOc1ccc(C2C(C#N)=C(N)Oc3cc(OC(=O)c4cccc5ccccc45)ccc32)cc1. The number of carbonyl (C=O) groups excluding carboxylic acids is 1. The number of rotatable bonds is 6. The summed E-state index contributed by atoms with van der Waals surface area (Å²) in [6, 6.07) is 28.1. The van der Waals surface area contributed by atoms with Crippen molar-refractivity contribution in [3.8, 4) is 23.3 Å². The predicted molar refractivity (Wildman–Crippen MR) is 137 cm³/mol. The molecule has 0 aliphatic carbocycles. The predicted octanol–water partition coefficient (Wildman–Crippen LogP) is 6.07. The molecule has 36 heavy (non-hydrogen) atoms. The van der Waals surface area contributed by atoms with Crippen LogP contribution in [-0.4, -0.2) is 12.6 Å². The van der Waals surface area contributed by atoms with Crippen LogP contribution in [0, 0.1) is 11.3 Å². The van der Waals surface area contributed by atoms with Crippen molar-refractivity contribution in [2.45, 2.75) is 19.3 Å². The zero-order valence-corrected chi connectivity index (χ0v) is 19.7. The molecule has 6 heteroatoms. The fourth-order valence-electron chi connectivity index (χ4n) is 4.38. The second-order valence-corrected chi connectivity index (χ2v) is 8.46. The highest BCUT2D eigenvalue weighted by atomic mass is 16.5. The minimum absolute atomic E-state index is 0.0267. The minimum atomic E-state index is -0.469. The molecule has 0 aromatic heterocycles. The Labute approximate surface area is 209 Å². The van der Waals surface area contributed by atoms with E-state index in [2.05, 4.69) is 6.07 Å². The highest BCUT2D eigenvalue weighted by molar-refractivity contribution is 6.05. The summed E-state index contributed by atoms with van der Waals surface area (Å²) in [6.07, 6.45) is 0.917. The summed E-state index contributed by atoms with van der Waals surface area (Å²) in [5.41, 5.74) is 8.57. The first-order valence-electron chi connectivity index (χ1n) is 11.7. The molecule has 1 aliphatic heterocycles. The first-order chi connectivity index (χ1) is 17.6. The summed E-state index contributed by atoms with van der Waals surface area (Å²) in [4.78, 5) is 13.0. The molecule has 4 aromatic rings. The van der Waals surface area contributed by atoms with Crippen molar-refractivity contribution in [1.82, 2.24) is 0 Å². The molecule has 1 heterocycles. The van der Waals surface area contributed by atoms with E-state index in [-0.39, 0.29) is 5.88 Å². The number of carbonyl (C=O) groups is 1. The Morgan fingerprint density at radius 2 is 1.75 bits per heavy atom. The molecule has 5 rings (SSSR count). The molecule has 1 aliphatic rings. The van der Waals surface area contributed by atoms with Crippen LogP contribution in [0.15, 0.2) is 96.4 Å². The summed E-state index contributed by atoms with van der Waals surface area (Å²) in [7, 11) is 0. The van der Waals surface area contributed by atoms with Crippen molar-refractivity contribution < 1.29 is 19.0 Å². The topological polar surface area (TPSA) is 94.6 Å². The number of esters is 1. The molecule has 2 N–H and O–H groups in total. The Hall–Kier alpha value is -4.76. The molecule has 6 nitrogen and oxygen atoms in total. The third kappa shape index (κ3) is 4.35. The fourth-order valence-corrected chi connectivity index (χ4v) is 4.38. The number of allylic oxidation sites excluding steroid dienone is 1. The van der Waals surface area contributed by atoms with Gasteiger partial charge in [0.25, 0.3) is 0 Å². The number of nitrogens with two attached hydrogens (primary N) is 1. The van der Waals surface area contributed by atoms with Crippen LogP contribution in [0.3, 0.4) is 0 Å². The van der Waals surface area contributed by atoms with Gasteiger partial charge >= 0.3 is 5.97 Å². The highest BCUT2D eigenvalue weighted by Gasteiger charge is 2.31. The molecule has 0 amide bonds. The summed E-state index contributed by atoms with van der Waals surface area (Å²) in [5.74, 6) is 0.663. The summed E-state index contributed by atoms with van der Waals surface area (Å²) >= 11 is 0. The summed E-state index contributed by atoms with van der Waals surface area (Å²) in [6.45, 7) is 2.68. The van der Waals surface area contributed by atoms with Crippen molar-refractivity contribution in [2.24, 2.45) is 5.73 Å². The summed E-state index contributed by atoms with van der Waals surface area (Å²) < 4.78 is 17.2. The zero-order valence-electron chi connectivity index (χ0n) is 19.7. The van der Waals surface area contributed by atoms with Gasteiger partial charge in [0.1, 0.15) is 28.9 Å². The molecular weight excluding hydrogens is 452 g/mol. The largest absolute Gasteiger partial charge is 0.494 e. The van der Waals surface area contributed by atoms with E-state index < -0.39 is 11.9 Å². The molecule has 0 spiro atoms. The van der Waals surface area contributed by atoms with Crippen LogP contribution in [0.5, 0.6) is 17.2 Å². The molecule has 0 bridgehead atoms. The lowest BCUT2D eigenvalue weighted by Crippen LogP contribution is -2.21.